The maximum atomic E-state index is 6.21. The van der Waals surface area contributed by atoms with Gasteiger partial charge in [-0.3, -0.25) is 9.80 Å². The fourth-order valence-corrected chi connectivity index (χ4v) is 3.59. The molecule has 0 spiro atoms. The summed E-state index contributed by atoms with van der Waals surface area (Å²) in [5.41, 5.74) is 6.21. The second kappa shape index (κ2) is 6.88. The van der Waals surface area contributed by atoms with Gasteiger partial charge >= 0.3 is 0 Å². The van der Waals surface area contributed by atoms with E-state index >= 15 is 0 Å². The van der Waals surface area contributed by atoms with E-state index in [0.717, 1.165) is 24.9 Å². The molecule has 0 aromatic heterocycles. The van der Waals surface area contributed by atoms with Crippen molar-refractivity contribution in [2.24, 2.45) is 11.7 Å². The molecule has 0 bridgehead atoms. The van der Waals surface area contributed by atoms with E-state index in [-0.39, 0.29) is 0 Å². The van der Waals surface area contributed by atoms with Crippen LogP contribution in [0.15, 0.2) is 0 Å². The molecule has 2 aliphatic rings. The number of hydrogen-bond acceptors (Lipinski definition) is 3. The van der Waals surface area contributed by atoms with E-state index in [0.29, 0.717) is 6.04 Å². The lowest BCUT2D eigenvalue weighted by Crippen LogP contribution is -2.52. The molecule has 0 aromatic rings. The first kappa shape index (κ1) is 14.3. The van der Waals surface area contributed by atoms with Crippen LogP contribution in [0.3, 0.4) is 0 Å². The zero-order chi connectivity index (χ0) is 13.0. The van der Waals surface area contributed by atoms with E-state index in [4.69, 9.17) is 5.73 Å². The number of rotatable bonds is 5. The lowest BCUT2D eigenvalue weighted by Gasteiger charge is -2.39. The molecule has 2 fully saturated rings. The van der Waals surface area contributed by atoms with Gasteiger partial charge in [-0.1, -0.05) is 26.7 Å². The first-order valence-electron chi connectivity index (χ1n) is 7.87. The van der Waals surface area contributed by atoms with Gasteiger partial charge in [0.2, 0.25) is 0 Å². The summed E-state index contributed by atoms with van der Waals surface area (Å²) in [5.74, 6) is 0.722. The van der Waals surface area contributed by atoms with E-state index in [1.165, 1.54) is 51.9 Å². The Balaban J connectivity index is 1.66. The normalized spacial score (nSPS) is 26.0. The summed E-state index contributed by atoms with van der Waals surface area (Å²) in [4.78, 5) is 5.29. The van der Waals surface area contributed by atoms with Gasteiger partial charge in [0.05, 0.1) is 0 Å². The quantitative estimate of drug-likeness (QED) is 0.812. The first-order valence-corrected chi connectivity index (χ1v) is 7.87. The van der Waals surface area contributed by atoms with Gasteiger partial charge in [-0.25, -0.2) is 0 Å². The molecule has 2 rings (SSSR count). The van der Waals surface area contributed by atoms with Crippen molar-refractivity contribution in [3.63, 3.8) is 0 Å². The molecule has 3 heteroatoms. The summed E-state index contributed by atoms with van der Waals surface area (Å²) < 4.78 is 0. The van der Waals surface area contributed by atoms with Crippen molar-refractivity contribution in [1.29, 1.82) is 0 Å². The Hall–Kier alpha value is -0.120. The summed E-state index contributed by atoms with van der Waals surface area (Å²) in [7, 11) is 0. The molecule has 0 aromatic carbocycles. The average Bonchev–Trinajstić information content (AvgIpc) is 2.82. The van der Waals surface area contributed by atoms with Gasteiger partial charge in [0, 0.05) is 44.8 Å². The Morgan fingerprint density at radius 1 is 1.06 bits per heavy atom. The van der Waals surface area contributed by atoms with Crippen LogP contribution in [0.1, 0.15) is 46.0 Å². The van der Waals surface area contributed by atoms with Gasteiger partial charge in [0.15, 0.2) is 0 Å². The zero-order valence-electron chi connectivity index (χ0n) is 12.3. The van der Waals surface area contributed by atoms with Crippen LogP contribution in [-0.4, -0.2) is 54.6 Å². The SMILES string of the molecule is CC(C)C[C@@H](N)CN1CCN(C2CCCC2)CC1. The van der Waals surface area contributed by atoms with Crippen molar-refractivity contribution >= 4 is 0 Å². The summed E-state index contributed by atoms with van der Waals surface area (Å²) in [6.45, 7) is 10.6. The molecule has 1 saturated carbocycles. The summed E-state index contributed by atoms with van der Waals surface area (Å²) in [5, 5.41) is 0. The molecule has 2 N–H and O–H groups in total. The van der Waals surface area contributed by atoms with Crippen molar-refractivity contribution in [3.05, 3.63) is 0 Å². The van der Waals surface area contributed by atoms with E-state index in [1.54, 1.807) is 0 Å². The highest BCUT2D eigenvalue weighted by Gasteiger charge is 2.26. The fourth-order valence-electron chi connectivity index (χ4n) is 3.59. The standard InChI is InChI=1S/C15H31N3/c1-13(2)11-14(16)12-17-7-9-18(10-8-17)15-5-3-4-6-15/h13-15H,3-12,16H2,1-2H3/t14-/m1/s1. The monoisotopic (exact) mass is 253 g/mol. The highest BCUT2D eigenvalue weighted by Crippen LogP contribution is 2.24. The zero-order valence-corrected chi connectivity index (χ0v) is 12.3. The maximum Gasteiger partial charge on any atom is 0.0170 e. The molecule has 18 heavy (non-hydrogen) atoms. The number of nitrogens with zero attached hydrogens (tertiary/aromatic N) is 2. The molecule has 0 unspecified atom stereocenters. The minimum absolute atomic E-state index is 0.364. The lowest BCUT2D eigenvalue weighted by atomic mass is 10.0. The van der Waals surface area contributed by atoms with E-state index in [1.807, 2.05) is 0 Å². The number of nitrogens with two attached hydrogens (primary N) is 1. The molecular formula is C15H31N3. The second-order valence-electron chi connectivity index (χ2n) is 6.66. The van der Waals surface area contributed by atoms with Crippen molar-refractivity contribution in [2.75, 3.05) is 32.7 Å². The molecule has 106 valence electrons. The predicted octanol–water partition coefficient (Wildman–Crippen LogP) is 1.92. The number of piperazine rings is 1. The Kier molecular flexibility index (Phi) is 5.46. The van der Waals surface area contributed by atoms with Crippen molar-refractivity contribution in [1.82, 2.24) is 9.80 Å². The van der Waals surface area contributed by atoms with Gasteiger partial charge in [-0.15, -0.1) is 0 Å². The second-order valence-corrected chi connectivity index (χ2v) is 6.66. The van der Waals surface area contributed by atoms with Gasteiger partial charge in [-0.05, 0) is 25.2 Å². The molecule has 1 aliphatic heterocycles. The smallest absolute Gasteiger partial charge is 0.0170 e. The molecule has 1 aliphatic carbocycles. The van der Waals surface area contributed by atoms with Crippen LogP contribution < -0.4 is 5.73 Å². The van der Waals surface area contributed by atoms with Crippen LogP contribution in [0.4, 0.5) is 0 Å². The number of hydrogen-bond donors (Lipinski definition) is 1. The minimum Gasteiger partial charge on any atom is -0.327 e. The predicted molar refractivity (Wildman–Crippen MR) is 77.7 cm³/mol. The Labute approximate surface area is 113 Å². The van der Waals surface area contributed by atoms with Crippen molar-refractivity contribution < 1.29 is 0 Å². The van der Waals surface area contributed by atoms with Crippen molar-refractivity contribution in [3.8, 4) is 0 Å². The van der Waals surface area contributed by atoms with Crippen molar-refractivity contribution in [2.45, 2.75) is 58.0 Å². The Morgan fingerprint density at radius 3 is 2.22 bits per heavy atom. The van der Waals surface area contributed by atoms with E-state index < -0.39 is 0 Å². The molecule has 1 atom stereocenters. The average molecular weight is 253 g/mol. The molecule has 0 amide bonds. The lowest BCUT2D eigenvalue weighted by molar-refractivity contribution is 0.0927. The molecule has 3 nitrogen and oxygen atoms in total. The first-order chi connectivity index (χ1) is 8.65. The van der Waals surface area contributed by atoms with E-state index in [2.05, 4.69) is 23.6 Å². The summed E-state index contributed by atoms with van der Waals surface area (Å²) in [6.07, 6.45) is 6.93. The van der Waals surface area contributed by atoms with Crippen LogP contribution in [0.2, 0.25) is 0 Å². The molecule has 1 saturated heterocycles. The third-order valence-corrected chi connectivity index (χ3v) is 4.51. The Bertz CT molecular complexity index is 228. The summed E-state index contributed by atoms with van der Waals surface area (Å²) >= 11 is 0. The van der Waals surface area contributed by atoms with Gasteiger partial charge < -0.3 is 5.73 Å². The third-order valence-electron chi connectivity index (χ3n) is 4.51. The minimum atomic E-state index is 0.364. The van der Waals surface area contributed by atoms with Crippen LogP contribution >= 0.6 is 0 Å². The largest absolute Gasteiger partial charge is 0.327 e. The van der Waals surface area contributed by atoms with Crippen LogP contribution in [0, 0.1) is 5.92 Å². The fraction of sp³-hybridized carbons (Fsp3) is 1.00. The maximum absolute atomic E-state index is 6.21. The molecule has 0 radical (unpaired) electrons. The molecule has 1 heterocycles. The van der Waals surface area contributed by atoms with Gasteiger partial charge in [0.25, 0.3) is 0 Å². The third kappa shape index (κ3) is 4.22. The topological polar surface area (TPSA) is 32.5 Å². The highest BCUT2D eigenvalue weighted by molar-refractivity contribution is 4.83. The summed E-state index contributed by atoms with van der Waals surface area (Å²) in [6, 6.07) is 1.26. The highest BCUT2D eigenvalue weighted by atomic mass is 15.3. The van der Waals surface area contributed by atoms with E-state index in [9.17, 15) is 0 Å². The van der Waals surface area contributed by atoms with Gasteiger partial charge in [0.1, 0.15) is 0 Å². The Morgan fingerprint density at radius 2 is 1.67 bits per heavy atom. The van der Waals surface area contributed by atoms with Crippen LogP contribution in [0.5, 0.6) is 0 Å². The van der Waals surface area contributed by atoms with Gasteiger partial charge in [-0.2, -0.15) is 0 Å². The molecular weight excluding hydrogens is 222 g/mol. The van der Waals surface area contributed by atoms with Crippen LogP contribution in [-0.2, 0) is 0 Å². The van der Waals surface area contributed by atoms with Crippen LogP contribution in [0.25, 0.3) is 0 Å².